The van der Waals surface area contributed by atoms with Gasteiger partial charge in [0.1, 0.15) is 28.8 Å². The van der Waals surface area contributed by atoms with E-state index in [0.29, 0.717) is 56.6 Å². The van der Waals surface area contributed by atoms with Crippen molar-refractivity contribution in [3.63, 3.8) is 0 Å². The van der Waals surface area contributed by atoms with Crippen molar-refractivity contribution in [2.24, 2.45) is 10.8 Å². The third kappa shape index (κ3) is 24.2. The standard InChI is InChI=1S/C83H100ClFN2O4.CH4.H15P13.H6P4/c1-76(2,3)48-82(19,20)54-42-64(74(88)70(44-54)86-66-30-24-50(78(7,8)9)38-58(66)59-39-51(79(10,11)12)25-31-67(59)86)62-46-56(84)28-34-72(62)90-36-23-37-91-73-35-29-57(85)47-63(73)65-43-55(83(21,22)49-77(4,5)6)45-71(75(65)89)87-68-32-26-52(80(13,14)15)40-60(68)61-41-53(81(16,17)18)27-33-69(61)87;;1-8-12(9(2)3)13(10(4)5)11(6)7;1-4(2)3/h24-35,38-47,88-89H,23,36-37,48-49H2,1-22H3;1H4;8H,1-7H2;1-3H2. The van der Waals surface area contributed by atoms with Gasteiger partial charge in [-0.15, -0.1) is 89.3 Å². The molecule has 6 nitrogen and oxygen atoms in total. The van der Waals surface area contributed by atoms with Crippen LogP contribution in [0.3, 0.4) is 0 Å². The Labute approximate surface area is 691 Å². The average molecular weight is 1810 g/mol. The lowest BCUT2D eigenvalue weighted by Crippen LogP contribution is -2.25. The molecule has 0 saturated carbocycles. The first kappa shape index (κ1) is 96.2. The first-order valence-electron chi connectivity index (χ1n) is 36.4. The minimum atomic E-state index is -0.442. The van der Waals surface area contributed by atoms with E-state index in [9.17, 15) is 10.2 Å². The van der Waals surface area contributed by atoms with E-state index in [1.165, 1.54) is 34.4 Å². The third-order valence-corrected chi connectivity index (χ3v) is 92.9. The second kappa shape index (κ2) is 38.2. The van der Waals surface area contributed by atoms with E-state index in [2.05, 4.69) is 342 Å². The fraction of sp³-hybridized carbons (Fsp3) is 0.429. The monoisotopic (exact) mass is 1810 g/mol. The molecule has 0 aliphatic heterocycles. The molecule has 2 N–H and O–H groups in total. The summed E-state index contributed by atoms with van der Waals surface area (Å²) >= 11 is 6.96. The van der Waals surface area contributed by atoms with Gasteiger partial charge in [-0.25, -0.2) is 4.39 Å². The molecule has 0 aliphatic rings. The number of benzene rings is 8. The van der Waals surface area contributed by atoms with Gasteiger partial charge in [-0.3, -0.25) is 0 Å². The second-order valence-corrected chi connectivity index (χ2v) is 95.8. The molecule has 0 amide bonds. The number of phenols is 2. The van der Waals surface area contributed by atoms with Gasteiger partial charge >= 0.3 is 0 Å². The van der Waals surface area contributed by atoms with E-state index in [-0.39, 0.29) is 117 Å². The number of aromatic nitrogens is 2. The summed E-state index contributed by atoms with van der Waals surface area (Å²) in [7, 11) is 30.2. The number of aromatic hydroxyl groups is 2. The molecule has 12 atom stereocenters. The van der Waals surface area contributed by atoms with Crippen LogP contribution in [0.15, 0.2) is 133 Å². The van der Waals surface area contributed by atoms with E-state index in [1.54, 1.807) is 6.07 Å². The zero-order valence-corrected chi connectivity index (χ0v) is 86.2. The highest BCUT2D eigenvalue weighted by Crippen LogP contribution is 3.18. The lowest BCUT2D eigenvalue weighted by molar-refractivity contribution is 0.248. The van der Waals surface area contributed by atoms with Crippen LogP contribution in [0.2, 0.25) is 5.02 Å². The van der Waals surface area contributed by atoms with Crippen LogP contribution in [0, 0.1) is 16.6 Å². The zero-order valence-electron chi connectivity index (χ0n) is 67.6. The second-order valence-electron chi connectivity index (χ2n) is 36.2. The molecule has 2 aromatic heterocycles. The van der Waals surface area contributed by atoms with Gasteiger partial charge in [-0.05, 0) is 241 Å². The molecule has 109 heavy (non-hydrogen) atoms. The van der Waals surface area contributed by atoms with Crippen LogP contribution in [0.1, 0.15) is 212 Å². The van der Waals surface area contributed by atoms with Crippen molar-refractivity contribution < 1.29 is 24.1 Å². The first-order chi connectivity index (χ1) is 49.6. The molecule has 0 radical (unpaired) electrons. The predicted molar refractivity (Wildman–Crippen MR) is 539 cm³/mol. The van der Waals surface area contributed by atoms with E-state index in [1.807, 2.05) is 24.3 Å². The zero-order chi connectivity index (χ0) is 80.8. The molecule has 10 rings (SSSR count). The number of fused-ring (bicyclic) bond motifs is 6. The predicted octanol–water partition coefficient (Wildman–Crippen LogP) is 33.5. The summed E-state index contributed by atoms with van der Waals surface area (Å²) < 4.78 is 33.9. The Morgan fingerprint density at radius 2 is 0.716 bits per heavy atom. The van der Waals surface area contributed by atoms with Gasteiger partial charge < -0.3 is 28.8 Å². The topological polar surface area (TPSA) is 68.8 Å². The van der Waals surface area contributed by atoms with Gasteiger partial charge in [-0.1, -0.05) is 204 Å². The average Bonchev–Trinajstić information content (AvgIpc) is 1.60. The SMILES string of the molecule is C.CC(C)(C)CC(C)(C)c1cc(-c2cc(F)ccc2OCCCOc2ccc(Cl)cc2-c2cc(C(C)(C)CC(C)(C)C)cc(-n3c4ccc(C(C)(C)C)cc4c4cc(C(C)(C)C)ccc43)c2O)c(O)c(-n2c3ccc(C(C)(C)C)cc3c3cc(C(C)(C)C)ccc32)c1.PP(P)P.PPP(P(P)P)P(P(P)P)P(P)P. The largest absolute Gasteiger partial charge is 0.505 e. The van der Waals surface area contributed by atoms with Crippen molar-refractivity contribution in [2.45, 2.75) is 212 Å². The van der Waals surface area contributed by atoms with Crippen LogP contribution in [-0.2, 0) is 32.5 Å². The summed E-state index contributed by atoms with van der Waals surface area (Å²) in [6.45, 7) is 51.1. The summed E-state index contributed by atoms with van der Waals surface area (Å²) in [6.07, 6.45) is 2.19. The normalized spacial score (nSPS) is 13.4. The van der Waals surface area contributed by atoms with Gasteiger partial charge in [0.15, 0.2) is 0 Å². The molecule has 2 heterocycles. The van der Waals surface area contributed by atoms with Crippen LogP contribution in [0.4, 0.5) is 4.39 Å². The number of rotatable bonds is 19. The summed E-state index contributed by atoms with van der Waals surface area (Å²) in [5, 5.41) is 31.1. The fourth-order valence-corrected chi connectivity index (χ4v) is 142. The van der Waals surface area contributed by atoms with E-state index in [4.69, 9.17) is 21.1 Å². The van der Waals surface area contributed by atoms with Crippen molar-refractivity contribution >= 4 is 194 Å². The third-order valence-electron chi connectivity index (χ3n) is 19.3. The van der Waals surface area contributed by atoms with Gasteiger partial charge in [0.2, 0.25) is 0 Å². The minimum absolute atomic E-state index is 0. The molecule has 10 aromatic rings. The van der Waals surface area contributed by atoms with Crippen LogP contribution in [-0.4, -0.2) is 32.6 Å². The molecule has 0 saturated heterocycles. The molecule has 12 unspecified atom stereocenters. The van der Waals surface area contributed by atoms with Gasteiger partial charge in [0.25, 0.3) is 0 Å². The Morgan fingerprint density at radius 1 is 0.404 bits per heavy atom. The lowest BCUT2D eigenvalue weighted by atomic mass is 9.71. The number of hydrogen-bond donors (Lipinski definition) is 2. The van der Waals surface area contributed by atoms with Crippen LogP contribution >= 0.6 is 151 Å². The molecular weight excluding hydrogens is 1680 g/mol. The van der Waals surface area contributed by atoms with E-state index in [0.717, 1.165) is 75.5 Å². The first-order valence-corrected chi connectivity index (χ1v) is 65.9. The Bertz CT molecular complexity index is 4420. The number of ether oxygens (including phenoxy) is 2. The van der Waals surface area contributed by atoms with Crippen molar-refractivity contribution in [2.75, 3.05) is 13.2 Å². The number of nitrogens with zero attached hydrogens (tertiary/aromatic N) is 2. The number of halogens is 2. The van der Waals surface area contributed by atoms with Crippen LogP contribution < -0.4 is 9.47 Å². The number of hydrogen-bond acceptors (Lipinski definition) is 4. The van der Waals surface area contributed by atoms with Gasteiger partial charge in [0.05, 0.1) is 46.7 Å². The molecule has 25 heteroatoms. The highest BCUT2D eigenvalue weighted by molar-refractivity contribution is 9.24. The number of phenolic OH excluding ortho intramolecular Hbond substituents is 2. The highest BCUT2D eigenvalue weighted by Gasteiger charge is 2.35. The smallest absolute Gasteiger partial charge is 0.147 e. The van der Waals surface area contributed by atoms with Crippen molar-refractivity contribution in [3.8, 4) is 56.6 Å². The molecule has 0 spiro atoms. The Morgan fingerprint density at radius 3 is 0.991 bits per heavy atom. The summed E-state index contributed by atoms with van der Waals surface area (Å²) in [5.74, 6) is 0.708. The van der Waals surface area contributed by atoms with Crippen molar-refractivity contribution in [3.05, 3.63) is 178 Å². The molecule has 0 aliphatic carbocycles. The van der Waals surface area contributed by atoms with Crippen LogP contribution in [0.5, 0.6) is 23.0 Å². The minimum Gasteiger partial charge on any atom is -0.505 e. The molecule has 0 fully saturated rings. The summed E-state index contributed by atoms with van der Waals surface area (Å²) in [4.78, 5) is 0. The Balaban J connectivity index is 0.000000821. The summed E-state index contributed by atoms with van der Waals surface area (Å²) in [5.41, 5.74) is 13.4. The quantitative estimate of drug-likeness (QED) is 0.0625. The molecule has 0 bridgehead atoms. The van der Waals surface area contributed by atoms with Gasteiger partial charge in [-0.2, -0.15) is 0 Å². The summed E-state index contributed by atoms with van der Waals surface area (Å²) in [6, 6.07) is 45.6. The maximum Gasteiger partial charge on any atom is 0.147 e. The van der Waals surface area contributed by atoms with Crippen LogP contribution in [0.25, 0.3) is 77.2 Å². The van der Waals surface area contributed by atoms with Crippen molar-refractivity contribution in [1.82, 2.24) is 9.13 Å². The maximum atomic E-state index is 16.0. The highest BCUT2D eigenvalue weighted by atomic mass is 35.5. The van der Waals surface area contributed by atoms with Gasteiger partial charge in [0, 0.05) is 55.2 Å². The fourth-order valence-electron chi connectivity index (χ4n) is 14.7. The Kier molecular flexibility index (Phi) is 33.7. The Hall–Kier alpha value is 0.0900. The molecular formula is C84H125ClFN2O4P17. The van der Waals surface area contributed by atoms with E-state index < -0.39 is 5.82 Å². The van der Waals surface area contributed by atoms with Crippen molar-refractivity contribution in [1.29, 1.82) is 0 Å². The maximum absolute atomic E-state index is 16.0. The molecule has 8 aromatic carbocycles. The van der Waals surface area contributed by atoms with E-state index >= 15 is 4.39 Å². The lowest BCUT2D eigenvalue weighted by Gasteiger charge is -2.34. The molecule has 594 valence electrons.